The number of rotatable bonds is 45. The number of phosphoric ester groups is 1. The highest BCUT2D eigenvalue weighted by Crippen LogP contribution is 2.38. The van der Waals surface area contributed by atoms with Crippen molar-refractivity contribution in [2.45, 2.75) is 231 Å². The van der Waals surface area contributed by atoms with Crippen LogP contribution in [-0.4, -0.2) is 68.5 Å². The van der Waals surface area contributed by atoms with E-state index in [4.69, 9.17) is 9.05 Å². The first kappa shape index (κ1) is 58.5. The molecule has 0 aliphatic carbocycles. The van der Waals surface area contributed by atoms with Crippen molar-refractivity contribution in [3.8, 4) is 0 Å². The Morgan fingerprint density at radius 3 is 1.40 bits per heavy atom. The number of allylic oxidation sites excluding steroid dienone is 7. The Hall–Kier alpha value is -1.54. The quantitative estimate of drug-likeness (QED) is 0.0273. The van der Waals surface area contributed by atoms with Gasteiger partial charge in [-0.25, -0.2) is 0 Å². The smallest absolute Gasteiger partial charge is 0.268 e. The molecule has 0 aromatic carbocycles. The number of hydrogen-bond donors (Lipinski definition) is 2. The van der Waals surface area contributed by atoms with E-state index in [1.54, 1.807) is 6.08 Å². The van der Waals surface area contributed by atoms with Crippen LogP contribution in [0.2, 0.25) is 0 Å². The van der Waals surface area contributed by atoms with Gasteiger partial charge in [0.2, 0.25) is 5.91 Å². The molecule has 0 rings (SSSR count). The fourth-order valence-electron chi connectivity index (χ4n) is 6.99. The summed E-state index contributed by atoms with van der Waals surface area (Å²) in [6.07, 6.45) is 54.8. The van der Waals surface area contributed by atoms with Crippen molar-refractivity contribution in [1.29, 1.82) is 0 Å². The highest BCUT2D eigenvalue weighted by Gasteiger charge is 2.23. The average Bonchev–Trinajstić information content (AvgIpc) is 3.20. The molecule has 0 aromatic heterocycles. The molecule has 3 unspecified atom stereocenters. The lowest BCUT2D eigenvalue weighted by Crippen LogP contribution is -2.45. The summed E-state index contributed by atoms with van der Waals surface area (Å²) in [4.78, 5) is 25.3. The number of amides is 1. The Kier molecular flexibility index (Phi) is 41.6. The standard InChI is InChI=1S/C51H97N2O6P/c1-6-8-10-12-14-16-18-19-20-21-22-23-24-25-26-27-28-29-30-31-32-33-35-36-38-40-42-44-50(54)49(48-59-60(56,57)58-47-46-53(3,4)5)52-51(55)45-43-41-39-37-34-17-15-13-11-9-7-2/h13,15,30-31,35-36,42,44,49-50,54H,6-12,14,16-29,32-34,37-41,43,45-48H2,1-5H3,(H-,52,55,56,57)/b15-13-,31-30+,36-35+,44-42+. The van der Waals surface area contributed by atoms with Gasteiger partial charge >= 0.3 is 0 Å². The fourth-order valence-corrected chi connectivity index (χ4v) is 7.71. The van der Waals surface area contributed by atoms with Crippen LogP contribution in [0, 0.1) is 0 Å². The van der Waals surface area contributed by atoms with Gasteiger partial charge in [0.1, 0.15) is 13.2 Å². The van der Waals surface area contributed by atoms with Gasteiger partial charge in [-0.05, 0) is 64.2 Å². The van der Waals surface area contributed by atoms with Gasteiger partial charge in [0.25, 0.3) is 7.82 Å². The van der Waals surface area contributed by atoms with Gasteiger partial charge in [-0.3, -0.25) is 9.36 Å². The molecule has 3 atom stereocenters. The molecule has 2 N–H and O–H groups in total. The van der Waals surface area contributed by atoms with E-state index >= 15 is 0 Å². The van der Waals surface area contributed by atoms with Crippen LogP contribution in [0.15, 0.2) is 48.6 Å². The second kappa shape index (κ2) is 42.7. The first-order chi connectivity index (χ1) is 29.0. The van der Waals surface area contributed by atoms with Crippen LogP contribution in [0.4, 0.5) is 0 Å². The lowest BCUT2D eigenvalue weighted by Gasteiger charge is -2.29. The lowest BCUT2D eigenvalue weighted by molar-refractivity contribution is -0.870. The summed E-state index contributed by atoms with van der Waals surface area (Å²) < 4.78 is 23.2. The number of aliphatic hydroxyl groups excluding tert-OH is 1. The summed E-state index contributed by atoms with van der Waals surface area (Å²) in [6.45, 7) is 4.57. The average molecular weight is 865 g/mol. The molecule has 0 heterocycles. The molecule has 0 spiro atoms. The zero-order valence-corrected chi connectivity index (χ0v) is 40.8. The SMILES string of the molecule is CCCC/C=C\CCCCCCCC(=O)NC(COP(=O)([O-])OCC[N+](C)(C)C)C(O)/C=C/CC/C=C/CC/C=C/CCCCCCCCCCCCCCCCCCC. The number of phosphoric acid groups is 1. The molecule has 1 amide bonds. The maximum absolute atomic E-state index is 12.8. The van der Waals surface area contributed by atoms with E-state index in [0.29, 0.717) is 17.4 Å². The normalized spacial score (nSPS) is 14.6. The second-order valence-corrected chi connectivity index (χ2v) is 19.6. The van der Waals surface area contributed by atoms with Crippen LogP contribution >= 0.6 is 7.82 Å². The van der Waals surface area contributed by atoms with Crippen molar-refractivity contribution >= 4 is 13.7 Å². The van der Waals surface area contributed by atoms with Gasteiger partial charge in [0.05, 0.1) is 39.9 Å². The number of nitrogens with zero attached hydrogens (tertiary/aromatic N) is 1. The molecule has 0 fully saturated rings. The minimum atomic E-state index is -4.60. The maximum Gasteiger partial charge on any atom is 0.268 e. The molecule has 352 valence electrons. The molecule has 0 saturated carbocycles. The Morgan fingerprint density at radius 1 is 0.567 bits per heavy atom. The molecule has 0 bridgehead atoms. The van der Waals surface area contributed by atoms with Gasteiger partial charge in [0, 0.05) is 6.42 Å². The van der Waals surface area contributed by atoms with E-state index in [2.05, 4.69) is 55.6 Å². The van der Waals surface area contributed by atoms with Gasteiger partial charge < -0.3 is 28.8 Å². The first-order valence-electron chi connectivity index (χ1n) is 25.0. The van der Waals surface area contributed by atoms with E-state index in [1.807, 2.05) is 27.2 Å². The van der Waals surface area contributed by atoms with Crippen LogP contribution in [0.1, 0.15) is 219 Å². The van der Waals surface area contributed by atoms with E-state index in [9.17, 15) is 19.4 Å². The zero-order valence-electron chi connectivity index (χ0n) is 39.9. The molecule has 0 aliphatic rings. The summed E-state index contributed by atoms with van der Waals surface area (Å²) in [5, 5.41) is 13.8. The second-order valence-electron chi connectivity index (χ2n) is 18.1. The van der Waals surface area contributed by atoms with Gasteiger partial charge in [0.15, 0.2) is 0 Å². The molecule has 0 saturated heterocycles. The van der Waals surface area contributed by atoms with Crippen LogP contribution in [0.3, 0.4) is 0 Å². The molecule has 0 radical (unpaired) electrons. The minimum absolute atomic E-state index is 0.0116. The number of aliphatic hydroxyl groups is 1. The number of nitrogens with one attached hydrogen (secondary N) is 1. The van der Waals surface area contributed by atoms with Crippen molar-refractivity contribution in [2.24, 2.45) is 0 Å². The summed E-state index contributed by atoms with van der Waals surface area (Å²) in [7, 11) is 1.23. The summed E-state index contributed by atoms with van der Waals surface area (Å²) >= 11 is 0. The molecule has 60 heavy (non-hydrogen) atoms. The van der Waals surface area contributed by atoms with Gasteiger partial charge in [-0.15, -0.1) is 0 Å². The number of quaternary nitrogens is 1. The van der Waals surface area contributed by atoms with E-state index in [1.165, 1.54) is 128 Å². The number of carbonyl (C=O) groups excluding carboxylic acids is 1. The topological polar surface area (TPSA) is 108 Å². The highest BCUT2D eigenvalue weighted by molar-refractivity contribution is 7.45. The Morgan fingerprint density at radius 2 is 0.950 bits per heavy atom. The van der Waals surface area contributed by atoms with Gasteiger partial charge in [-0.1, -0.05) is 197 Å². The van der Waals surface area contributed by atoms with E-state index < -0.39 is 26.6 Å². The van der Waals surface area contributed by atoms with Crippen molar-refractivity contribution in [2.75, 3.05) is 40.9 Å². The van der Waals surface area contributed by atoms with Crippen molar-refractivity contribution in [3.63, 3.8) is 0 Å². The maximum atomic E-state index is 12.8. The lowest BCUT2D eigenvalue weighted by atomic mass is 10.0. The number of unbranched alkanes of at least 4 members (excludes halogenated alkanes) is 26. The third-order valence-corrected chi connectivity index (χ3v) is 12.0. The fraction of sp³-hybridized carbons (Fsp3) is 0.824. The zero-order chi connectivity index (χ0) is 44.3. The Balaban J connectivity index is 4.28. The molecule has 8 nitrogen and oxygen atoms in total. The summed E-state index contributed by atoms with van der Waals surface area (Å²) in [5.41, 5.74) is 0. The number of likely N-dealkylation sites (N-methyl/N-ethyl adjacent to an activating group) is 1. The van der Waals surface area contributed by atoms with Crippen molar-refractivity contribution in [1.82, 2.24) is 5.32 Å². The Labute approximate surface area is 371 Å². The third-order valence-electron chi connectivity index (χ3n) is 11.0. The summed E-state index contributed by atoms with van der Waals surface area (Å²) in [5.74, 6) is -0.223. The van der Waals surface area contributed by atoms with Gasteiger partial charge in [-0.2, -0.15) is 0 Å². The predicted octanol–water partition coefficient (Wildman–Crippen LogP) is 13.8. The van der Waals surface area contributed by atoms with E-state index in [0.717, 1.165) is 70.6 Å². The van der Waals surface area contributed by atoms with E-state index in [-0.39, 0.29) is 12.5 Å². The Bertz CT molecular complexity index is 1120. The molecule has 0 aliphatic heterocycles. The molecular formula is C51H97N2O6P. The number of carbonyl (C=O) groups is 1. The highest BCUT2D eigenvalue weighted by atomic mass is 31.2. The largest absolute Gasteiger partial charge is 0.756 e. The minimum Gasteiger partial charge on any atom is -0.756 e. The van der Waals surface area contributed by atoms with Crippen LogP contribution in [0.5, 0.6) is 0 Å². The molecule has 0 aromatic rings. The summed E-state index contributed by atoms with van der Waals surface area (Å²) in [6, 6.07) is -0.913. The molecular weight excluding hydrogens is 768 g/mol. The third kappa shape index (κ3) is 44.5. The number of hydrogen-bond acceptors (Lipinski definition) is 6. The van der Waals surface area contributed by atoms with Crippen LogP contribution in [0.25, 0.3) is 0 Å². The van der Waals surface area contributed by atoms with Crippen molar-refractivity contribution in [3.05, 3.63) is 48.6 Å². The monoisotopic (exact) mass is 865 g/mol. The van der Waals surface area contributed by atoms with Crippen LogP contribution in [-0.2, 0) is 18.4 Å². The van der Waals surface area contributed by atoms with Crippen LogP contribution < -0.4 is 10.2 Å². The first-order valence-corrected chi connectivity index (χ1v) is 26.5. The predicted molar refractivity (Wildman–Crippen MR) is 256 cm³/mol. The molecule has 9 heteroatoms. The van der Waals surface area contributed by atoms with Crippen molar-refractivity contribution < 1.29 is 32.9 Å².